The molecule has 3 nitrogen and oxygen atoms in total. The van der Waals surface area contributed by atoms with Gasteiger partial charge in [0.1, 0.15) is 5.75 Å². The van der Waals surface area contributed by atoms with Crippen molar-refractivity contribution in [1.82, 2.24) is 5.32 Å². The minimum absolute atomic E-state index is 0.0592. The molecule has 0 saturated heterocycles. The van der Waals surface area contributed by atoms with E-state index in [0.29, 0.717) is 12.1 Å². The highest BCUT2D eigenvalue weighted by atomic mass is 127. The number of carbonyl (C=O) groups excluding carboxylic acids is 1. The molecule has 0 spiro atoms. The van der Waals surface area contributed by atoms with Crippen LogP contribution in [0.4, 0.5) is 0 Å². The molecule has 0 fully saturated rings. The lowest BCUT2D eigenvalue weighted by Crippen LogP contribution is -2.22. The number of hydrogen-bond acceptors (Lipinski definition) is 2. The Balaban J connectivity index is 1.92. The van der Waals surface area contributed by atoms with Gasteiger partial charge in [0, 0.05) is 15.7 Å². The van der Waals surface area contributed by atoms with Gasteiger partial charge in [-0.2, -0.15) is 0 Å². The van der Waals surface area contributed by atoms with Crippen LogP contribution in [0.5, 0.6) is 5.75 Å². The summed E-state index contributed by atoms with van der Waals surface area (Å²) in [7, 11) is 0. The predicted octanol–water partition coefficient (Wildman–Crippen LogP) is 4.01. The molecule has 0 aliphatic heterocycles. The van der Waals surface area contributed by atoms with Gasteiger partial charge in [0.05, 0.1) is 6.10 Å². The van der Waals surface area contributed by atoms with Gasteiger partial charge >= 0.3 is 0 Å². The number of amides is 1. The topological polar surface area (TPSA) is 38.3 Å². The van der Waals surface area contributed by atoms with Crippen LogP contribution in [0.1, 0.15) is 29.8 Å². The van der Waals surface area contributed by atoms with Crippen molar-refractivity contribution in [3.8, 4) is 5.75 Å². The molecule has 0 bridgehead atoms. The van der Waals surface area contributed by atoms with Gasteiger partial charge in [0.2, 0.25) is 0 Å². The molecule has 1 amide bonds. The van der Waals surface area contributed by atoms with Gasteiger partial charge in [-0.05, 0) is 72.3 Å². The van der Waals surface area contributed by atoms with Crippen LogP contribution < -0.4 is 10.1 Å². The van der Waals surface area contributed by atoms with Gasteiger partial charge in [-0.1, -0.05) is 18.2 Å². The van der Waals surface area contributed by atoms with Gasteiger partial charge in [-0.3, -0.25) is 4.79 Å². The number of halogens is 1. The summed E-state index contributed by atoms with van der Waals surface area (Å²) in [6.07, 6.45) is 0.163. The molecule has 21 heavy (non-hydrogen) atoms. The Bertz CT molecular complexity index is 608. The summed E-state index contributed by atoms with van der Waals surface area (Å²) in [5.74, 6) is 0.786. The van der Waals surface area contributed by atoms with Gasteiger partial charge in [-0.15, -0.1) is 0 Å². The molecule has 0 aliphatic carbocycles. The van der Waals surface area contributed by atoms with Crippen molar-refractivity contribution in [2.45, 2.75) is 26.5 Å². The van der Waals surface area contributed by atoms with Crippen LogP contribution in [0.2, 0.25) is 0 Å². The highest BCUT2D eigenvalue weighted by Gasteiger charge is 2.05. The fraction of sp³-hybridized carbons (Fsp3) is 0.235. The van der Waals surface area contributed by atoms with Gasteiger partial charge in [0.25, 0.3) is 5.91 Å². The minimum atomic E-state index is -0.0592. The summed E-state index contributed by atoms with van der Waals surface area (Å²) in [4.78, 5) is 12.0. The maximum atomic E-state index is 12.0. The molecule has 0 atom stereocenters. The molecule has 0 radical (unpaired) electrons. The van der Waals surface area contributed by atoms with E-state index >= 15 is 0 Å². The second-order valence-corrected chi connectivity index (χ2v) is 6.25. The summed E-state index contributed by atoms with van der Waals surface area (Å²) in [6.45, 7) is 4.50. The molecule has 0 aromatic heterocycles. The van der Waals surface area contributed by atoms with E-state index in [0.717, 1.165) is 14.9 Å². The van der Waals surface area contributed by atoms with E-state index in [1.165, 1.54) is 0 Å². The fourth-order valence-electron chi connectivity index (χ4n) is 1.87. The number of hydrogen-bond donors (Lipinski definition) is 1. The van der Waals surface area contributed by atoms with Crippen molar-refractivity contribution in [3.05, 3.63) is 63.2 Å². The molecule has 0 unspecified atom stereocenters. The van der Waals surface area contributed by atoms with E-state index in [1.807, 2.05) is 62.4 Å². The van der Waals surface area contributed by atoms with Crippen LogP contribution in [0.15, 0.2) is 48.5 Å². The largest absolute Gasteiger partial charge is 0.491 e. The average Bonchev–Trinajstić information content (AvgIpc) is 2.45. The summed E-state index contributed by atoms with van der Waals surface area (Å²) >= 11 is 2.20. The summed E-state index contributed by atoms with van der Waals surface area (Å²) in [6, 6.07) is 15.3. The standard InChI is InChI=1S/C17H18INO2/c1-12(2)21-16-8-6-13(7-9-16)11-19-17(20)14-4-3-5-15(18)10-14/h3-10,12H,11H2,1-2H3,(H,19,20). The van der Waals surface area contributed by atoms with E-state index < -0.39 is 0 Å². The van der Waals surface area contributed by atoms with E-state index in [1.54, 1.807) is 0 Å². The number of carbonyl (C=O) groups is 1. The van der Waals surface area contributed by atoms with Crippen molar-refractivity contribution in [1.29, 1.82) is 0 Å². The van der Waals surface area contributed by atoms with E-state index in [2.05, 4.69) is 27.9 Å². The van der Waals surface area contributed by atoms with Crippen LogP contribution in [-0.4, -0.2) is 12.0 Å². The highest BCUT2D eigenvalue weighted by molar-refractivity contribution is 14.1. The van der Waals surface area contributed by atoms with Crippen molar-refractivity contribution >= 4 is 28.5 Å². The maximum absolute atomic E-state index is 12.0. The van der Waals surface area contributed by atoms with E-state index in [4.69, 9.17) is 4.74 Å². The minimum Gasteiger partial charge on any atom is -0.491 e. The lowest BCUT2D eigenvalue weighted by molar-refractivity contribution is 0.0951. The summed E-state index contributed by atoms with van der Waals surface area (Å²) in [5.41, 5.74) is 1.73. The third-order valence-corrected chi connectivity index (χ3v) is 3.51. The SMILES string of the molecule is CC(C)Oc1ccc(CNC(=O)c2cccc(I)c2)cc1. The Hall–Kier alpha value is -1.56. The third kappa shape index (κ3) is 5.04. The molecule has 2 rings (SSSR count). The molecule has 0 saturated carbocycles. The second kappa shape index (κ2) is 7.45. The molecule has 2 aromatic rings. The van der Waals surface area contributed by atoms with Crippen LogP contribution >= 0.6 is 22.6 Å². The molecule has 2 aromatic carbocycles. The van der Waals surface area contributed by atoms with Gasteiger partial charge in [0.15, 0.2) is 0 Å². The molecule has 0 heterocycles. The zero-order valence-electron chi connectivity index (χ0n) is 12.1. The monoisotopic (exact) mass is 395 g/mol. The van der Waals surface area contributed by atoms with Crippen molar-refractivity contribution in [2.24, 2.45) is 0 Å². The smallest absolute Gasteiger partial charge is 0.251 e. The van der Waals surface area contributed by atoms with Crippen LogP contribution in [-0.2, 0) is 6.54 Å². The second-order valence-electron chi connectivity index (χ2n) is 5.00. The van der Waals surface area contributed by atoms with Crippen LogP contribution in [0, 0.1) is 3.57 Å². The van der Waals surface area contributed by atoms with Crippen molar-refractivity contribution in [3.63, 3.8) is 0 Å². The lowest BCUT2D eigenvalue weighted by Gasteiger charge is -2.10. The Labute approximate surface area is 138 Å². The highest BCUT2D eigenvalue weighted by Crippen LogP contribution is 2.14. The van der Waals surface area contributed by atoms with Crippen LogP contribution in [0.25, 0.3) is 0 Å². The molecular formula is C17H18INO2. The summed E-state index contributed by atoms with van der Waals surface area (Å²) < 4.78 is 6.64. The molecule has 110 valence electrons. The Kier molecular flexibility index (Phi) is 5.61. The molecule has 0 aliphatic rings. The van der Waals surface area contributed by atoms with Crippen molar-refractivity contribution in [2.75, 3.05) is 0 Å². The Morgan fingerprint density at radius 3 is 2.52 bits per heavy atom. The zero-order valence-corrected chi connectivity index (χ0v) is 14.3. The first kappa shape index (κ1) is 15.8. The zero-order chi connectivity index (χ0) is 15.2. The predicted molar refractivity (Wildman–Crippen MR) is 92.5 cm³/mol. The number of rotatable bonds is 5. The lowest BCUT2D eigenvalue weighted by atomic mass is 10.2. The molecule has 1 N–H and O–H groups in total. The maximum Gasteiger partial charge on any atom is 0.251 e. The van der Waals surface area contributed by atoms with E-state index in [-0.39, 0.29) is 12.0 Å². The Morgan fingerprint density at radius 1 is 1.19 bits per heavy atom. The van der Waals surface area contributed by atoms with Crippen LogP contribution in [0.3, 0.4) is 0 Å². The van der Waals surface area contributed by atoms with Crippen molar-refractivity contribution < 1.29 is 9.53 Å². The third-order valence-electron chi connectivity index (χ3n) is 2.84. The normalized spacial score (nSPS) is 10.5. The quantitative estimate of drug-likeness (QED) is 0.778. The number of ether oxygens (including phenoxy) is 1. The Morgan fingerprint density at radius 2 is 1.90 bits per heavy atom. The first-order chi connectivity index (χ1) is 10.0. The number of nitrogens with one attached hydrogen (secondary N) is 1. The summed E-state index contributed by atoms with van der Waals surface area (Å²) in [5, 5.41) is 2.92. The van der Waals surface area contributed by atoms with E-state index in [9.17, 15) is 4.79 Å². The first-order valence-corrected chi connectivity index (χ1v) is 7.92. The first-order valence-electron chi connectivity index (χ1n) is 6.84. The van der Waals surface area contributed by atoms with Gasteiger partial charge in [-0.25, -0.2) is 0 Å². The average molecular weight is 395 g/mol. The number of benzene rings is 2. The molecule has 4 heteroatoms. The van der Waals surface area contributed by atoms with Gasteiger partial charge < -0.3 is 10.1 Å². The fourth-order valence-corrected chi connectivity index (χ4v) is 2.42. The molecular weight excluding hydrogens is 377 g/mol.